The Morgan fingerprint density at radius 3 is 2.45 bits per heavy atom. The van der Waals surface area contributed by atoms with Crippen LogP contribution < -0.4 is 10.1 Å². The molecule has 1 unspecified atom stereocenters. The molecular formula is C23H17ClF4N2O3. The Balaban J connectivity index is 1.81. The number of nitrogens with one attached hydrogen (secondary N) is 1. The fraction of sp³-hybridized carbons (Fsp3) is 0.174. The van der Waals surface area contributed by atoms with Gasteiger partial charge < -0.3 is 10.1 Å². The zero-order chi connectivity index (χ0) is 24.2. The minimum atomic E-state index is -5.00. The number of hydrogen-bond acceptors (Lipinski definition) is 4. The van der Waals surface area contributed by atoms with E-state index in [1.807, 2.05) is 0 Å². The van der Waals surface area contributed by atoms with Gasteiger partial charge in [-0.2, -0.15) is 0 Å². The van der Waals surface area contributed by atoms with Crippen LogP contribution in [0.25, 0.3) is 11.3 Å². The second-order valence-corrected chi connectivity index (χ2v) is 7.65. The van der Waals surface area contributed by atoms with Crippen LogP contribution in [0.2, 0.25) is 0 Å². The number of aromatic nitrogens is 1. The Kier molecular flexibility index (Phi) is 7.33. The molecule has 3 aromatic rings. The highest BCUT2D eigenvalue weighted by Gasteiger charge is 2.32. The Morgan fingerprint density at radius 1 is 1.12 bits per heavy atom. The lowest BCUT2D eigenvalue weighted by Crippen LogP contribution is -2.23. The molecule has 172 valence electrons. The summed E-state index contributed by atoms with van der Waals surface area (Å²) in [6.45, 7) is 1.34. The van der Waals surface area contributed by atoms with E-state index in [1.165, 1.54) is 19.2 Å². The first-order chi connectivity index (χ1) is 15.5. The van der Waals surface area contributed by atoms with Crippen LogP contribution in [0.15, 0.2) is 60.8 Å². The molecule has 0 aliphatic heterocycles. The molecule has 1 heterocycles. The van der Waals surface area contributed by atoms with Crippen LogP contribution in [0.5, 0.6) is 5.75 Å². The number of ether oxygens (including phenoxy) is 1. The van der Waals surface area contributed by atoms with E-state index in [0.29, 0.717) is 16.8 Å². The van der Waals surface area contributed by atoms with Gasteiger partial charge in [0, 0.05) is 23.7 Å². The molecule has 1 aromatic heterocycles. The van der Waals surface area contributed by atoms with E-state index in [1.54, 1.807) is 30.3 Å². The average molecular weight is 481 g/mol. The van der Waals surface area contributed by atoms with E-state index in [9.17, 15) is 27.2 Å². The van der Waals surface area contributed by atoms with Crippen molar-refractivity contribution in [2.45, 2.75) is 25.1 Å². The van der Waals surface area contributed by atoms with Crippen LogP contribution in [0.4, 0.5) is 23.2 Å². The van der Waals surface area contributed by atoms with Gasteiger partial charge in [0.1, 0.15) is 11.2 Å². The molecule has 33 heavy (non-hydrogen) atoms. The van der Waals surface area contributed by atoms with Crippen LogP contribution in [-0.2, 0) is 11.2 Å². The average Bonchev–Trinajstić information content (AvgIpc) is 2.75. The SMILES string of the molecule is CC(Cl)C(=O)Nc1cc(C(=O)Cc2ccc(-c3ccccc3F)nc2)ccc1OC(F)(F)F. The second-order valence-electron chi connectivity index (χ2n) is 7.00. The third kappa shape index (κ3) is 6.52. The van der Waals surface area contributed by atoms with Crippen LogP contribution >= 0.6 is 11.6 Å². The summed E-state index contributed by atoms with van der Waals surface area (Å²) < 4.78 is 55.9. The van der Waals surface area contributed by atoms with E-state index in [4.69, 9.17) is 11.6 Å². The molecule has 0 aliphatic rings. The van der Waals surface area contributed by atoms with Crippen molar-refractivity contribution in [3.63, 3.8) is 0 Å². The standard InChI is InChI=1S/C23H17ClF4N2O3/c1-13(24)22(32)30-19-11-15(7-9-21(19)33-23(26,27)28)20(31)10-14-6-8-18(29-12-14)16-4-2-3-5-17(16)25/h2-9,11-13H,10H2,1H3,(H,30,32). The Bertz CT molecular complexity index is 1170. The van der Waals surface area contributed by atoms with Gasteiger partial charge in [-0.15, -0.1) is 24.8 Å². The van der Waals surface area contributed by atoms with Gasteiger partial charge >= 0.3 is 6.36 Å². The number of Topliss-reactive ketones (excluding diaryl/α,β-unsaturated/α-hetero) is 1. The molecule has 0 fully saturated rings. The van der Waals surface area contributed by atoms with Crippen LogP contribution in [0.1, 0.15) is 22.8 Å². The van der Waals surface area contributed by atoms with E-state index in [-0.39, 0.29) is 17.7 Å². The summed E-state index contributed by atoms with van der Waals surface area (Å²) in [4.78, 5) is 28.8. The maximum absolute atomic E-state index is 13.9. The number of carbonyl (C=O) groups excluding carboxylic acids is 2. The summed E-state index contributed by atoms with van der Waals surface area (Å²) >= 11 is 5.67. The monoisotopic (exact) mass is 480 g/mol. The van der Waals surface area contributed by atoms with Crippen molar-refractivity contribution in [1.29, 1.82) is 0 Å². The van der Waals surface area contributed by atoms with Gasteiger partial charge in [-0.3, -0.25) is 14.6 Å². The number of rotatable bonds is 7. The highest BCUT2D eigenvalue weighted by atomic mass is 35.5. The topological polar surface area (TPSA) is 68.3 Å². The highest BCUT2D eigenvalue weighted by molar-refractivity contribution is 6.32. The number of carbonyl (C=O) groups is 2. The highest BCUT2D eigenvalue weighted by Crippen LogP contribution is 2.32. The number of amides is 1. The third-order valence-corrected chi connectivity index (χ3v) is 4.68. The minimum Gasteiger partial charge on any atom is -0.404 e. The number of ketones is 1. The number of anilines is 1. The smallest absolute Gasteiger partial charge is 0.404 e. The lowest BCUT2D eigenvalue weighted by molar-refractivity contribution is -0.274. The van der Waals surface area contributed by atoms with Gasteiger partial charge in [0.25, 0.3) is 0 Å². The summed E-state index contributed by atoms with van der Waals surface area (Å²) in [5.41, 5.74) is 0.905. The molecule has 0 saturated heterocycles. The van der Waals surface area contributed by atoms with E-state index < -0.39 is 35.0 Å². The van der Waals surface area contributed by atoms with Gasteiger partial charge in [-0.1, -0.05) is 18.2 Å². The maximum atomic E-state index is 13.9. The van der Waals surface area contributed by atoms with Crippen LogP contribution in [0.3, 0.4) is 0 Å². The predicted octanol–water partition coefficient (Wildman–Crippen LogP) is 5.78. The van der Waals surface area contributed by atoms with Gasteiger partial charge in [0.05, 0.1) is 11.4 Å². The molecule has 10 heteroatoms. The van der Waals surface area contributed by atoms with Crippen molar-refractivity contribution in [2.75, 3.05) is 5.32 Å². The van der Waals surface area contributed by atoms with Crippen molar-refractivity contribution >= 4 is 29.0 Å². The van der Waals surface area contributed by atoms with E-state index in [0.717, 1.165) is 18.2 Å². The Labute approximate surface area is 191 Å². The molecule has 0 radical (unpaired) electrons. The molecule has 2 aromatic carbocycles. The number of nitrogens with zero attached hydrogens (tertiary/aromatic N) is 1. The molecule has 0 bridgehead atoms. The molecular weight excluding hydrogens is 464 g/mol. The van der Waals surface area contributed by atoms with Gasteiger partial charge in [-0.05, 0) is 48.9 Å². The zero-order valence-corrected chi connectivity index (χ0v) is 17.9. The quantitative estimate of drug-likeness (QED) is 0.264. The largest absolute Gasteiger partial charge is 0.573 e. The van der Waals surface area contributed by atoms with Crippen molar-refractivity contribution in [3.8, 4) is 17.0 Å². The maximum Gasteiger partial charge on any atom is 0.573 e. The zero-order valence-electron chi connectivity index (χ0n) is 17.1. The lowest BCUT2D eigenvalue weighted by Gasteiger charge is -2.15. The Morgan fingerprint density at radius 2 is 1.85 bits per heavy atom. The number of benzene rings is 2. The molecule has 0 saturated carbocycles. The number of pyridine rings is 1. The number of alkyl halides is 4. The normalized spacial score (nSPS) is 12.2. The van der Waals surface area contributed by atoms with Gasteiger partial charge in [-0.25, -0.2) is 4.39 Å². The van der Waals surface area contributed by atoms with E-state index >= 15 is 0 Å². The van der Waals surface area contributed by atoms with Crippen molar-refractivity contribution in [1.82, 2.24) is 4.98 Å². The van der Waals surface area contributed by atoms with Crippen molar-refractivity contribution in [3.05, 3.63) is 77.7 Å². The summed E-state index contributed by atoms with van der Waals surface area (Å²) in [6.07, 6.45) is -3.70. The molecule has 1 atom stereocenters. The minimum absolute atomic E-state index is 0.0419. The molecule has 3 rings (SSSR count). The number of halogens is 5. The fourth-order valence-electron chi connectivity index (χ4n) is 2.89. The van der Waals surface area contributed by atoms with Crippen LogP contribution in [-0.4, -0.2) is 28.4 Å². The molecule has 5 nitrogen and oxygen atoms in total. The summed E-state index contributed by atoms with van der Waals surface area (Å²) in [5.74, 6) is -2.32. The van der Waals surface area contributed by atoms with Gasteiger partial charge in [0.15, 0.2) is 11.5 Å². The molecule has 0 spiro atoms. The second kappa shape index (κ2) is 9.99. The molecule has 1 N–H and O–H groups in total. The number of hydrogen-bond donors (Lipinski definition) is 1. The fourth-order valence-corrected chi connectivity index (χ4v) is 2.95. The first kappa shape index (κ1) is 24.2. The van der Waals surface area contributed by atoms with Crippen molar-refractivity contribution < 1.29 is 31.9 Å². The first-order valence-corrected chi connectivity index (χ1v) is 10.0. The predicted molar refractivity (Wildman–Crippen MR) is 115 cm³/mol. The lowest BCUT2D eigenvalue weighted by atomic mass is 10.0. The van der Waals surface area contributed by atoms with E-state index in [2.05, 4.69) is 15.0 Å². The first-order valence-electron chi connectivity index (χ1n) is 9.61. The van der Waals surface area contributed by atoms with Crippen molar-refractivity contribution in [2.24, 2.45) is 0 Å². The van der Waals surface area contributed by atoms with Crippen LogP contribution in [0, 0.1) is 5.82 Å². The molecule has 1 amide bonds. The molecule has 0 aliphatic carbocycles. The van der Waals surface area contributed by atoms with Gasteiger partial charge in [0.2, 0.25) is 5.91 Å². The summed E-state index contributed by atoms with van der Waals surface area (Å²) in [6, 6.07) is 12.5. The summed E-state index contributed by atoms with van der Waals surface area (Å²) in [5, 5.41) is 1.20. The Hall–Kier alpha value is -3.46. The third-order valence-electron chi connectivity index (χ3n) is 4.49. The summed E-state index contributed by atoms with van der Waals surface area (Å²) in [7, 11) is 0.